The average Bonchev–Trinajstić information content (AvgIpc) is 3.11. The summed E-state index contributed by atoms with van der Waals surface area (Å²) in [6.07, 6.45) is 0. The van der Waals surface area contributed by atoms with Crippen LogP contribution in [0.2, 0.25) is 0 Å². The van der Waals surface area contributed by atoms with Crippen LogP contribution in [0.4, 0.5) is 0 Å². The van der Waals surface area contributed by atoms with Gasteiger partial charge in [-0.05, 0) is 71.9 Å². The standard InChI is InChI=1S/C26H28BNO2/c1-17-11-13-22-19(15-17)20-16-18(2)12-14-23(20)28(22)24-10-8-7-9-21(24)27-29-25(3,4)26(5,6)30-27/h7-16H,1-6H3. The van der Waals surface area contributed by atoms with Gasteiger partial charge >= 0.3 is 7.12 Å². The largest absolute Gasteiger partial charge is 0.496 e. The topological polar surface area (TPSA) is 23.4 Å². The Balaban J connectivity index is 1.79. The summed E-state index contributed by atoms with van der Waals surface area (Å²) < 4.78 is 15.2. The van der Waals surface area contributed by atoms with E-state index in [1.54, 1.807) is 0 Å². The van der Waals surface area contributed by atoms with Crippen molar-refractivity contribution in [1.82, 2.24) is 4.57 Å². The van der Waals surface area contributed by atoms with E-state index in [0.29, 0.717) is 0 Å². The van der Waals surface area contributed by atoms with Crippen LogP contribution >= 0.6 is 0 Å². The lowest BCUT2D eigenvalue weighted by molar-refractivity contribution is 0.00578. The monoisotopic (exact) mass is 397 g/mol. The number of para-hydroxylation sites is 1. The molecule has 1 aromatic heterocycles. The van der Waals surface area contributed by atoms with E-state index in [9.17, 15) is 0 Å². The van der Waals surface area contributed by atoms with E-state index in [4.69, 9.17) is 9.31 Å². The smallest absolute Gasteiger partial charge is 0.399 e. The maximum atomic E-state index is 6.42. The van der Waals surface area contributed by atoms with Crippen LogP contribution in [0.15, 0.2) is 60.7 Å². The average molecular weight is 397 g/mol. The van der Waals surface area contributed by atoms with Gasteiger partial charge in [0.1, 0.15) is 0 Å². The highest BCUT2D eigenvalue weighted by Crippen LogP contribution is 2.38. The van der Waals surface area contributed by atoms with Crippen molar-refractivity contribution in [2.24, 2.45) is 0 Å². The van der Waals surface area contributed by atoms with Gasteiger partial charge in [-0.15, -0.1) is 0 Å². The highest BCUT2D eigenvalue weighted by Gasteiger charge is 2.52. The van der Waals surface area contributed by atoms with Crippen molar-refractivity contribution in [2.75, 3.05) is 0 Å². The predicted molar refractivity (Wildman–Crippen MR) is 126 cm³/mol. The number of benzene rings is 3. The summed E-state index contributed by atoms with van der Waals surface area (Å²) >= 11 is 0. The minimum absolute atomic E-state index is 0.375. The molecule has 0 aliphatic carbocycles. The number of aromatic nitrogens is 1. The van der Waals surface area contributed by atoms with Gasteiger partial charge in [-0.25, -0.2) is 0 Å². The number of hydrogen-bond donors (Lipinski definition) is 0. The Morgan fingerprint density at radius 2 is 1.20 bits per heavy atom. The summed E-state index contributed by atoms with van der Waals surface area (Å²) in [4.78, 5) is 0. The first kappa shape index (κ1) is 19.4. The Morgan fingerprint density at radius 1 is 0.700 bits per heavy atom. The number of nitrogens with zero attached hydrogens (tertiary/aromatic N) is 1. The lowest BCUT2D eigenvalue weighted by atomic mass is 9.77. The lowest BCUT2D eigenvalue weighted by Crippen LogP contribution is -2.41. The van der Waals surface area contributed by atoms with Crippen molar-refractivity contribution in [3.8, 4) is 5.69 Å². The maximum absolute atomic E-state index is 6.42. The van der Waals surface area contributed by atoms with Crippen molar-refractivity contribution in [3.05, 3.63) is 71.8 Å². The molecular formula is C26H28BNO2. The van der Waals surface area contributed by atoms with Crippen molar-refractivity contribution in [3.63, 3.8) is 0 Å². The van der Waals surface area contributed by atoms with Crippen LogP contribution in [0.25, 0.3) is 27.5 Å². The van der Waals surface area contributed by atoms with Gasteiger partial charge in [0.15, 0.2) is 0 Å². The molecule has 0 N–H and O–H groups in total. The second kappa shape index (κ2) is 6.47. The van der Waals surface area contributed by atoms with E-state index in [1.807, 2.05) is 0 Å². The highest BCUT2D eigenvalue weighted by atomic mass is 16.7. The molecule has 2 heterocycles. The highest BCUT2D eigenvalue weighted by molar-refractivity contribution is 6.63. The molecule has 0 bridgehead atoms. The third kappa shape index (κ3) is 2.82. The fraction of sp³-hybridized carbons (Fsp3) is 0.308. The Labute approximate surface area is 178 Å². The molecule has 3 nitrogen and oxygen atoms in total. The van der Waals surface area contributed by atoms with E-state index in [2.05, 4.69) is 107 Å². The first-order valence-corrected chi connectivity index (χ1v) is 10.6. The molecule has 4 heteroatoms. The molecule has 1 aliphatic rings. The third-order valence-electron chi connectivity index (χ3n) is 6.76. The molecule has 0 saturated carbocycles. The summed E-state index contributed by atoms with van der Waals surface area (Å²) in [7, 11) is -0.408. The van der Waals surface area contributed by atoms with E-state index in [-0.39, 0.29) is 11.2 Å². The molecule has 30 heavy (non-hydrogen) atoms. The van der Waals surface area contributed by atoms with E-state index >= 15 is 0 Å². The molecule has 4 aromatic rings. The zero-order valence-corrected chi connectivity index (χ0v) is 18.6. The second-order valence-electron chi connectivity index (χ2n) is 9.52. The van der Waals surface area contributed by atoms with Crippen LogP contribution in [0.5, 0.6) is 0 Å². The van der Waals surface area contributed by atoms with Crippen molar-refractivity contribution >= 4 is 34.4 Å². The van der Waals surface area contributed by atoms with Gasteiger partial charge in [-0.1, -0.05) is 41.5 Å². The van der Waals surface area contributed by atoms with Crippen molar-refractivity contribution in [2.45, 2.75) is 52.7 Å². The summed E-state index contributed by atoms with van der Waals surface area (Å²) in [6, 6.07) is 21.8. The van der Waals surface area contributed by atoms with E-state index < -0.39 is 7.12 Å². The quantitative estimate of drug-likeness (QED) is 0.405. The van der Waals surface area contributed by atoms with Crippen LogP contribution in [-0.4, -0.2) is 22.9 Å². The Kier molecular flexibility index (Phi) is 4.19. The van der Waals surface area contributed by atoms with Gasteiger partial charge in [0.25, 0.3) is 0 Å². The van der Waals surface area contributed by atoms with Gasteiger partial charge in [-0.3, -0.25) is 0 Å². The van der Waals surface area contributed by atoms with Crippen LogP contribution in [-0.2, 0) is 9.31 Å². The first-order chi connectivity index (χ1) is 14.2. The Morgan fingerprint density at radius 3 is 1.73 bits per heavy atom. The zero-order chi connectivity index (χ0) is 21.3. The SMILES string of the molecule is Cc1ccc2c(c1)c1cc(C)ccc1n2-c1ccccc1B1OC(C)(C)C(C)(C)O1. The summed E-state index contributed by atoms with van der Waals surface area (Å²) in [6.45, 7) is 12.7. The van der Waals surface area contributed by atoms with Crippen LogP contribution in [0, 0.1) is 13.8 Å². The number of aryl methyl sites for hydroxylation is 2. The van der Waals surface area contributed by atoms with Crippen LogP contribution < -0.4 is 5.46 Å². The fourth-order valence-corrected chi connectivity index (χ4v) is 4.37. The molecule has 0 spiro atoms. The predicted octanol–water partition coefficient (Wildman–Crippen LogP) is 5.70. The molecule has 1 aliphatic heterocycles. The lowest BCUT2D eigenvalue weighted by Gasteiger charge is -2.32. The Hall–Kier alpha value is -2.56. The molecule has 0 unspecified atom stereocenters. The van der Waals surface area contributed by atoms with Crippen molar-refractivity contribution in [1.29, 1.82) is 0 Å². The van der Waals surface area contributed by atoms with Gasteiger partial charge in [0.2, 0.25) is 0 Å². The van der Waals surface area contributed by atoms with Crippen molar-refractivity contribution < 1.29 is 9.31 Å². The van der Waals surface area contributed by atoms with Gasteiger partial charge in [-0.2, -0.15) is 0 Å². The molecule has 1 saturated heterocycles. The first-order valence-electron chi connectivity index (χ1n) is 10.6. The van der Waals surface area contributed by atoms with Crippen LogP contribution in [0.1, 0.15) is 38.8 Å². The number of fused-ring (bicyclic) bond motifs is 3. The molecule has 1 fully saturated rings. The van der Waals surface area contributed by atoms with Gasteiger partial charge in [0.05, 0.1) is 22.2 Å². The molecule has 5 rings (SSSR count). The zero-order valence-electron chi connectivity index (χ0n) is 18.6. The molecular weight excluding hydrogens is 369 g/mol. The third-order valence-corrected chi connectivity index (χ3v) is 6.76. The fourth-order valence-electron chi connectivity index (χ4n) is 4.37. The Bertz CT molecular complexity index is 1210. The summed E-state index contributed by atoms with van der Waals surface area (Å²) in [5.41, 5.74) is 6.33. The van der Waals surface area contributed by atoms with Gasteiger partial charge in [0, 0.05) is 21.9 Å². The van der Waals surface area contributed by atoms with Crippen LogP contribution in [0.3, 0.4) is 0 Å². The second-order valence-corrected chi connectivity index (χ2v) is 9.52. The number of hydrogen-bond acceptors (Lipinski definition) is 2. The summed E-state index contributed by atoms with van der Waals surface area (Å²) in [5.74, 6) is 0. The molecule has 0 atom stereocenters. The van der Waals surface area contributed by atoms with E-state index in [0.717, 1.165) is 11.2 Å². The maximum Gasteiger partial charge on any atom is 0.496 e. The summed E-state index contributed by atoms with van der Waals surface area (Å²) in [5, 5.41) is 2.55. The number of rotatable bonds is 2. The molecule has 0 radical (unpaired) electrons. The minimum Gasteiger partial charge on any atom is -0.399 e. The minimum atomic E-state index is -0.408. The molecule has 152 valence electrons. The van der Waals surface area contributed by atoms with Gasteiger partial charge < -0.3 is 13.9 Å². The van der Waals surface area contributed by atoms with E-state index in [1.165, 1.54) is 32.9 Å². The molecule has 0 amide bonds. The molecule has 3 aromatic carbocycles. The normalized spacial score (nSPS) is 17.9.